The first-order valence-corrected chi connectivity index (χ1v) is 5.31. The number of nitrogens with two attached hydrogens (primary N) is 1. The number of rotatable bonds is 1. The molecule has 1 nitrogen and oxygen atoms in total. The van der Waals surface area contributed by atoms with E-state index in [0.717, 1.165) is 23.3 Å². The lowest BCUT2D eigenvalue weighted by Gasteiger charge is -2.02. The van der Waals surface area contributed by atoms with Gasteiger partial charge in [0.1, 0.15) is 0 Å². The maximum Gasteiger partial charge on any atom is 0.0650 e. The van der Waals surface area contributed by atoms with Gasteiger partial charge in [-0.05, 0) is 24.6 Å². The van der Waals surface area contributed by atoms with E-state index in [-0.39, 0.29) is 0 Å². The number of nitrogen functional groups attached to an aromatic ring is 1. The molecule has 0 radical (unpaired) electrons. The van der Waals surface area contributed by atoms with Crippen LogP contribution in [0.25, 0.3) is 0 Å². The van der Waals surface area contributed by atoms with Crippen LogP contribution in [0.1, 0.15) is 17.5 Å². The standard InChI is InChI=1S/C11H12ClNS/c1-8-6-9(4-2-3-5-14)7-10(12)11(8)13/h6-7,14H,3,5,13H2,1H3. The lowest BCUT2D eigenvalue weighted by Crippen LogP contribution is -1.91. The summed E-state index contributed by atoms with van der Waals surface area (Å²) < 4.78 is 0. The van der Waals surface area contributed by atoms with Gasteiger partial charge < -0.3 is 5.73 Å². The molecule has 0 aliphatic heterocycles. The Kier molecular flexibility index (Phi) is 4.19. The number of thiol groups is 1. The summed E-state index contributed by atoms with van der Waals surface area (Å²) in [5.41, 5.74) is 8.22. The minimum atomic E-state index is 0.570. The van der Waals surface area contributed by atoms with E-state index in [1.807, 2.05) is 13.0 Å². The molecule has 0 spiro atoms. The van der Waals surface area contributed by atoms with Crippen LogP contribution in [0.15, 0.2) is 12.1 Å². The third kappa shape index (κ3) is 2.87. The highest BCUT2D eigenvalue weighted by Gasteiger charge is 2.00. The molecular formula is C11H12ClNS. The van der Waals surface area contributed by atoms with Crippen molar-refractivity contribution < 1.29 is 0 Å². The monoisotopic (exact) mass is 225 g/mol. The quantitative estimate of drug-likeness (QED) is 0.429. The van der Waals surface area contributed by atoms with Crippen molar-refractivity contribution >= 4 is 29.9 Å². The van der Waals surface area contributed by atoms with Gasteiger partial charge in [-0.25, -0.2) is 0 Å². The lowest BCUT2D eigenvalue weighted by atomic mass is 10.1. The van der Waals surface area contributed by atoms with Crippen LogP contribution < -0.4 is 5.73 Å². The van der Waals surface area contributed by atoms with Crippen LogP contribution in [0.4, 0.5) is 5.69 Å². The summed E-state index contributed by atoms with van der Waals surface area (Å²) in [6, 6.07) is 3.72. The van der Waals surface area contributed by atoms with E-state index in [1.54, 1.807) is 6.07 Å². The second kappa shape index (κ2) is 5.19. The fourth-order valence-electron chi connectivity index (χ4n) is 1.05. The van der Waals surface area contributed by atoms with Crippen molar-refractivity contribution in [3.05, 3.63) is 28.3 Å². The first-order valence-electron chi connectivity index (χ1n) is 4.30. The highest BCUT2D eigenvalue weighted by Crippen LogP contribution is 2.23. The molecule has 0 amide bonds. The third-order valence-corrected chi connectivity index (χ3v) is 2.34. The SMILES string of the molecule is Cc1cc(C#CCCS)cc(Cl)c1N. The van der Waals surface area contributed by atoms with Crippen molar-refractivity contribution in [1.29, 1.82) is 0 Å². The highest BCUT2D eigenvalue weighted by molar-refractivity contribution is 7.80. The molecule has 14 heavy (non-hydrogen) atoms. The van der Waals surface area contributed by atoms with Crippen molar-refractivity contribution in [3.8, 4) is 11.8 Å². The fraction of sp³-hybridized carbons (Fsp3) is 0.273. The minimum absolute atomic E-state index is 0.570. The van der Waals surface area contributed by atoms with Gasteiger partial charge in [0.2, 0.25) is 0 Å². The van der Waals surface area contributed by atoms with Crippen molar-refractivity contribution in [3.63, 3.8) is 0 Å². The van der Waals surface area contributed by atoms with Gasteiger partial charge in [-0.3, -0.25) is 0 Å². The number of anilines is 1. The van der Waals surface area contributed by atoms with Crippen molar-refractivity contribution in [2.75, 3.05) is 11.5 Å². The zero-order valence-electron chi connectivity index (χ0n) is 7.97. The summed E-state index contributed by atoms with van der Waals surface area (Å²) in [6.07, 6.45) is 0.782. The molecule has 3 heteroatoms. The van der Waals surface area contributed by atoms with Gasteiger partial charge >= 0.3 is 0 Å². The van der Waals surface area contributed by atoms with Gasteiger partial charge in [0.05, 0.1) is 10.7 Å². The van der Waals surface area contributed by atoms with Crippen molar-refractivity contribution in [1.82, 2.24) is 0 Å². The first-order chi connectivity index (χ1) is 6.65. The molecule has 1 aromatic carbocycles. The first kappa shape index (κ1) is 11.3. The Morgan fingerprint density at radius 3 is 2.79 bits per heavy atom. The molecule has 0 saturated carbocycles. The van der Waals surface area contributed by atoms with Crippen LogP contribution in [0, 0.1) is 18.8 Å². The van der Waals surface area contributed by atoms with E-state index in [2.05, 4.69) is 24.5 Å². The predicted octanol–water partition coefficient (Wildman–Crippen LogP) is 2.90. The topological polar surface area (TPSA) is 26.0 Å². The molecule has 0 atom stereocenters. The summed E-state index contributed by atoms with van der Waals surface area (Å²) in [5.74, 6) is 6.79. The molecule has 0 aliphatic rings. The molecule has 0 aromatic heterocycles. The van der Waals surface area contributed by atoms with Gasteiger partial charge in [-0.2, -0.15) is 12.6 Å². The average molecular weight is 226 g/mol. The molecule has 1 aromatic rings. The van der Waals surface area contributed by atoms with Crippen LogP contribution in [0.5, 0.6) is 0 Å². The second-order valence-electron chi connectivity index (χ2n) is 2.96. The smallest absolute Gasteiger partial charge is 0.0650 e. The van der Waals surface area contributed by atoms with Gasteiger partial charge in [-0.1, -0.05) is 23.4 Å². The van der Waals surface area contributed by atoms with Crippen LogP contribution in [-0.4, -0.2) is 5.75 Å². The van der Waals surface area contributed by atoms with Gasteiger partial charge in [-0.15, -0.1) is 0 Å². The summed E-state index contributed by atoms with van der Waals surface area (Å²) in [7, 11) is 0. The van der Waals surface area contributed by atoms with E-state index in [4.69, 9.17) is 17.3 Å². The molecule has 2 N–H and O–H groups in total. The van der Waals surface area contributed by atoms with Crippen LogP contribution in [0.3, 0.4) is 0 Å². The van der Waals surface area contributed by atoms with E-state index < -0.39 is 0 Å². The van der Waals surface area contributed by atoms with Crippen LogP contribution in [0.2, 0.25) is 5.02 Å². The van der Waals surface area contributed by atoms with Crippen LogP contribution in [-0.2, 0) is 0 Å². The largest absolute Gasteiger partial charge is 0.397 e. The van der Waals surface area contributed by atoms with E-state index in [0.29, 0.717) is 10.7 Å². The number of aryl methyl sites for hydroxylation is 1. The maximum absolute atomic E-state index is 5.92. The predicted molar refractivity (Wildman–Crippen MR) is 65.9 cm³/mol. The second-order valence-corrected chi connectivity index (χ2v) is 3.82. The minimum Gasteiger partial charge on any atom is -0.397 e. The Balaban J connectivity index is 2.97. The van der Waals surface area contributed by atoms with E-state index in [9.17, 15) is 0 Å². The Morgan fingerprint density at radius 2 is 2.21 bits per heavy atom. The summed E-state index contributed by atoms with van der Waals surface area (Å²) in [4.78, 5) is 0. The Bertz CT molecular complexity index is 367. The van der Waals surface area contributed by atoms with Crippen LogP contribution >= 0.6 is 24.2 Å². The van der Waals surface area contributed by atoms with Gasteiger partial charge in [0.15, 0.2) is 0 Å². The number of halogens is 1. The fourth-order valence-corrected chi connectivity index (χ4v) is 1.43. The Hall–Kier alpha value is -0.780. The van der Waals surface area contributed by atoms with Gasteiger partial charge in [0, 0.05) is 17.7 Å². The molecule has 74 valence electrons. The average Bonchev–Trinajstić information content (AvgIpc) is 2.14. The van der Waals surface area contributed by atoms with E-state index >= 15 is 0 Å². The molecule has 0 fully saturated rings. The highest BCUT2D eigenvalue weighted by atomic mass is 35.5. The molecule has 0 bridgehead atoms. The van der Waals surface area contributed by atoms with Crippen molar-refractivity contribution in [2.24, 2.45) is 0 Å². The summed E-state index contributed by atoms with van der Waals surface area (Å²) in [5, 5.41) is 0.570. The number of benzene rings is 1. The zero-order valence-corrected chi connectivity index (χ0v) is 9.62. The molecule has 0 saturated heterocycles. The molecular weight excluding hydrogens is 214 g/mol. The van der Waals surface area contributed by atoms with Gasteiger partial charge in [0.25, 0.3) is 0 Å². The van der Waals surface area contributed by atoms with E-state index in [1.165, 1.54) is 0 Å². The summed E-state index contributed by atoms with van der Waals surface area (Å²) >= 11 is 10.00. The number of hydrogen-bond acceptors (Lipinski definition) is 2. The zero-order chi connectivity index (χ0) is 10.6. The lowest BCUT2D eigenvalue weighted by molar-refractivity contribution is 1.31. The molecule has 0 aliphatic carbocycles. The summed E-state index contributed by atoms with van der Waals surface area (Å²) in [6.45, 7) is 1.92. The molecule has 0 heterocycles. The maximum atomic E-state index is 5.92. The number of hydrogen-bond donors (Lipinski definition) is 2. The molecule has 1 rings (SSSR count). The molecule has 0 unspecified atom stereocenters. The normalized spacial score (nSPS) is 9.36. The Labute approximate surface area is 95.1 Å². The third-order valence-electron chi connectivity index (χ3n) is 1.81. The van der Waals surface area contributed by atoms with Crippen molar-refractivity contribution in [2.45, 2.75) is 13.3 Å². The Morgan fingerprint density at radius 1 is 1.50 bits per heavy atom.